The zero-order valence-corrected chi connectivity index (χ0v) is 17.8. The Labute approximate surface area is 181 Å². The van der Waals surface area contributed by atoms with Gasteiger partial charge >= 0.3 is 0 Å². The molecule has 0 bridgehead atoms. The Balaban J connectivity index is 1.24. The number of carbonyl (C=O) groups is 1. The van der Waals surface area contributed by atoms with Crippen molar-refractivity contribution in [3.63, 3.8) is 0 Å². The van der Waals surface area contributed by atoms with Crippen LogP contribution in [-0.2, 0) is 17.8 Å². The van der Waals surface area contributed by atoms with Crippen LogP contribution in [-0.4, -0.2) is 43.6 Å². The van der Waals surface area contributed by atoms with Crippen molar-refractivity contribution in [2.45, 2.75) is 19.9 Å². The van der Waals surface area contributed by atoms with Crippen LogP contribution in [0.4, 0.5) is 10.1 Å². The number of quaternary nitrogens is 2. The topological polar surface area (TPSA) is 64.0 Å². The minimum Gasteiger partial charge on any atom is -0.435 e. The second-order valence-electron chi connectivity index (χ2n) is 8.04. The molecule has 4 rings (SSSR count). The Kier molecular flexibility index (Phi) is 6.74. The predicted molar refractivity (Wildman–Crippen MR) is 116 cm³/mol. The van der Waals surface area contributed by atoms with E-state index in [1.54, 1.807) is 18.3 Å². The molecule has 6 nitrogen and oxygen atoms in total. The molecule has 1 aliphatic heterocycles. The molecule has 0 spiro atoms. The summed E-state index contributed by atoms with van der Waals surface area (Å²) in [5.41, 5.74) is 2.89. The summed E-state index contributed by atoms with van der Waals surface area (Å²) in [6.45, 7) is 7.08. The van der Waals surface area contributed by atoms with Crippen molar-refractivity contribution >= 4 is 11.6 Å². The summed E-state index contributed by atoms with van der Waals surface area (Å²) in [6.07, 6.45) is 2.59. The fourth-order valence-electron chi connectivity index (χ4n) is 4.04. The summed E-state index contributed by atoms with van der Waals surface area (Å²) in [4.78, 5) is 19.6. The number of benzene rings is 2. The minimum absolute atomic E-state index is 0.0657. The smallest absolute Gasteiger partial charge is 0.279 e. The van der Waals surface area contributed by atoms with Crippen LogP contribution in [0.5, 0.6) is 0 Å². The van der Waals surface area contributed by atoms with E-state index in [0.29, 0.717) is 24.7 Å². The van der Waals surface area contributed by atoms with Crippen molar-refractivity contribution < 1.29 is 23.4 Å². The van der Waals surface area contributed by atoms with Gasteiger partial charge in [0, 0.05) is 11.3 Å². The number of aromatic nitrogens is 1. The van der Waals surface area contributed by atoms with E-state index >= 15 is 0 Å². The van der Waals surface area contributed by atoms with E-state index in [1.807, 2.05) is 18.2 Å². The van der Waals surface area contributed by atoms with E-state index in [-0.39, 0.29) is 11.7 Å². The number of oxazole rings is 1. The number of nitrogens with one attached hydrogen (secondary N) is 3. The molecule has 2 heterocycles. The van der Waals surface area contributed by atoms with Crippen LogP contribution in [0.15, 0.2) is 59.1 Å². The summed E-state index contributed by atoms with van der Waals surface area (Å²) >= 11 is 0. The van der Waals surface area contributed by atoms with Crippen molar-refractivity contribution in [3.8, 4) is 11.3 Å². The number of piperazine rings is 1. The molecule has 7 heteroatoms. The number of amides is 1. The highest BCUT2D eigenvalue weighted by Gasteiger charge is 2.26. The lowest BCUT2D eigenvalue weighted by Crippen LogP contribution is -3.28. The lowest BCUT2D eigenvalue weighted by molar-refractivity contribution is -1.02. The van der Waals surface area contributed by atoms with Gasteiger partial charge in [0.25, 0.3) is 11.8 Å². The standard InChI is InChI=1S/C24H27FN4O2/c1-2-18-5-3-4-6-21(18)27-23(30)16-28-11-13-29(14-12-28)17-24-26-15-22(31-24)19-7-9-20(25)10-8-19/h3-10,15H,2,11-14,16-17H2,1H3,(H,27,30)/p+2. The first kappa shape index (κ1) is 21.2. The maximum atomic E-state index is 13.1. The summed E-state index contributed by atoms with van der Waals surface area (Å²) in [5.74, 6) is 1.14. The number of hydrogen-bond acceptors (Lipinski definition) is 3. The number of carbonyl (C=O) groups excluding carboxylic acids is 1. The molecular weight excluding hydrogens is 395 g/mol. The molecule has 0 radical (unpaired) electrons. The van der Waals surface area contributed by atoms with E-state index in [2.05, 4.69) is 23.3 Å². The summed E-state index contributed by atoms with van der Waals surface area (Å²) < 4.78 is 19.0. The molecule has 1 amide bonds. The Morgan fingerprint density at radius 3 is 2.52 bits per heavy atom. The molecule has 3 aromatic rings. The first-order valence-electron chi connectivity index (χ1n) is 10.9. The van der Waals surface area contributed by atoms with Gasteiger partial charge in [0.1, 0.15) is 32.0 Å². The van der Waals surface area contributed by atoms with Gasteiger partial charge in [-0.1, -0.05) is 25.1 Å². The fourth-order valence-corrected chi connectivity index (χ4v) is 4.04. The largest absolute Gasteiger partial charge is 0.435 e. The van der Waals surface area contributed by atoms with E-state index in [0.717, 1.165) is 49.4 Å². The average Bonchev–Trinajstić information content (AvgIpc) is 3.24. The highest BCUT2D eigenvalue weighted by atomic mass is 19.1. The molecule has 162 valence electrons. The molecule has 2 aromatic carbocycles. The third-order valence-electron chi connectivity index (χ3n) is 5.83. The number of halogens is 1. The number of rotatable bonds is 7. The zero-order valence-electron chi connectivity index (χ0n) is 17.8. The number of para-hydroxylation sites is 1. The number of nitrogens with zero attached hydrogens (tertiary/aromatic N) is 1. The van der Waals surface area contributed by atoms with Gasteiger partial charge in [0.2, 0.25) is 0 Å². The first-order chi connectivity index (χ1) is 15.1. The normalized spacial score (nSPS) is 18.6. The van der Waals surface area contributed by atoms with Crippen molar-refractivity contribution in [2.75, 3.05) is 38.0 Å². The zero-order chi connectivity index (χ0) is 21.6. The summed E-state index contributed by atoms with van der Waals surface area (Å²) in [7, 11) is 0. The Morgan fingerprint density at radius 1 is 1.06 bits per heavy atom. The number of anilines is 1. The third-order valence-corrected chi connectivity index (χ3v) is 5.83. The van der Waals surface area contributed by atoms with Crippen molar-refractivity contribution in [2.24, 2.45) is 0 Å². The van der Waals surface area contributed by atoms with Gasteiger partial charge in [-0.05, 0) is 42.3 Å². The molecule has 1 aromatic heterocycles. The van der Waals surface area contributed by atoms with Gasteiger partial charge in [0.15, 0.2) is 18.8 Å². The Hall–Kier alpha value is -3.03. The van der Waals surface area contributed by atoms with E-state index in [9.17, 15) is 9.18 Å². The third kappa shape index (κ3) is 5.57. The lowest BCUT2D eigenvalue weighted by Gasteiger charge is -2.28. The molecule has 0 saturated carbocycles. The van der Waals surface area contributed by atoms with E-state index in [1.165, 1.54) is 21.9 Å². The van der Waals surface area contributed by atoms with Gasteiger partial charge < -0.3 is 19.5 Å². The fraction of sp³-hybridized carbons (Fsp3) is 0.333. The highest BCUT2D eigenvalue weighted by molar-refractivity contribution is 5.92. The van der Waals surface area contributed by atoms with Crippen molar-refractivity contribution in [1.29, 1.82) is 0 Å². The van der Waals surface area contributed by atoms with Crippen LogP contribution in [0.3, 0.4) is 0 Å². The van der Waals surface area contributed by atoms with Crippen LogP contribution in [0.2, 0.25) is 0 Å². The summed E-state index contributed by atoms with van der Waals surface area (Å²) in [5, 5.41) is 3.07. The summed E-state index contributed by atoms with van der Waals surface area (Å²) in [6, 6.07) is 14.2. The predicted octanol–water partition coefficient (Wildman–Crippen LogP) is 0.965. The average molecular weight is 425 g/mol. The molecule has 1 fully saturated rings. The molecule has 31 heavy (non-hydrogen) atoms. The first-order valence-corrected chi connectivity index (χ1v) is 10.9. The molecule has 0 aliphatic carbocycles. The van der Waals surface area contributed by atoms with Crippen LogP contribution < -0.4 is 15.1 Å². The maximum Gasteiger partial charge on any atom is 0.279 e. The second kappa shape index (κ2) is 9.85. The van der Waals surface area contributed by atoms with Crippen LogP contribution in [0, 0.1) is 5.82 Å². The minimum atomic E-state index is -0.267. The molecule has 1 aliphatic rings. The second-order valence-corrected chi connectivity index (χ2v) is 8.04. The lowest BCUT2D eigenvalue weighted by atomic mass is 10.1. The van der Waals surface area contributed by atoms with Crippen LogP contribution >= 0.6 is 0 Å². The van der Waals surface area contributed by atoms with Crippen LogP contribution in [0.1, 0.15) is 18.4 Å². The molecule has 1 saturated heterocycles. The number of aryl methyl sites for hydroxylation is 1. The Morgan fingerprint density at radius 2 is 1.77 bits per heavy atom. The van der Waals surface area contributed by atoms with Crippen molar-refractivity contribution in [3.05, 3.63) is 72.0 Å². The SMILES string of the molecule is CCc1ccccc1NC(=O)C[NH+]1CC[NH+](Cc2ncc(-c3ccc(F)cc3)o2)CC1. The maximum absolute atomic E-state index is 13.1. The monoisotopic (exact) mass is 424 g/mol. The van der Waals surface area contributed by atoms with Crippen LogP contribution in [0.25, 0.3) is 11.3 Å². The quantitative estimate of drug-likeness (QED) is 0.530. The van der Waals surface area contributed by atoms with Gasteiger partial charge in [-0.15, -0.1) is 0 Å². The van der Waals surface area contributed by atoms with Gasteiger partial charge in [0.05, 0.1) is 6.20 Å². The highest BCUT2D eigenvalue weighted by Crippen LogP contribution is 2.20. The Bertz CT molecular complexity index is 1010. The van der Waals surface area contributed by atoms with Gasteiger partial charge in [-0.2, -0.15) is 0 Å². The molecule has 3 N–H and O–H groups in total. The van der Waals surface area contributed by atoms with E-state index < -0.39 is 0 Å². The van der Waals surface area contributed by atoms with Gasteiger partial charge in [-0.25, -0.2) is 9.37 Å². The molecule has 0 atom stereocenters. The van der Waals surface area contributed by atoms with E-state index in [4.69, 9.17) is 4.42 Å². The van der Waals surface area contributed by atoms with Gasteiger partial charge in [-0.3, -0.25) is 4.79 Å². The number of hydrogen-bond donors (Lipinski definition) is 3. The molecular formula is C24H29FN4O2+2. The molecule has 0 unspecified atom stereocenters. The van der Waals surface area contributed by atoms with Crippen molar-refractivity contribution in [1.82, 2.24) is 4.98 Å².